The van der Waals surface area contributed by atoms with E-state index in [4.69, 9.17) is 4.74 Å². The predicted octanol–water partition coefficient (Wildman–Crippen LogP) is 3.34. The van der Waals surface area contributed by atoms with E-state index in [0.29, 0.717) is 19.6 Å². The van der Waals surface area contributed by atoms with Crippen LogP contribution in [0.5, 0.6) is 0 Å². The highest BCUT2D eigenvalue weighted by Crippen LogP contribution is 2.52. The maximum atomic E-state index is 12.8. The fourth-order valence-corrected chi connectivity index (χ4v) is 6.18. The minimum Gasteiger partial charge on any atom is -0.481 e. The molecule has 2 aromatic rings. The summed E-state index contributed by atoms with van der Waals surface area (Å²) in [5, 5.41) is 12.1. The largest absolute Gasteiger partial charge is 0.481 e. The van der Waals surface area contributed by atoms with Gasteiger partial charge in [-0.15, -0.1) is 0 Å². The van der Waals surface area contributed by atoms with Crippen molar-refractivity contribution in [1.82, 2.24) is 10.2 Å². The lowest BCUT2D eigenvalue weighted by Gasteiger charge is -2.26. The van der Waals surface area contributed by atoms with Gasteiger partial charge in [0.1, 0.15) is 6.61 Å². The number of nitrogens with one attached hydrogen (secondary N) is 1. The zero-order chi connectivity index (χ0) is 23.4. The predicted molar refractivity (Wildman–Crippen MR) is 124 cm³/mol. The van der Waals surface area contributed by atoms with E-state index in [9.17, 15) is 19.5 Å². The average Bonchev–Trinajstić information content (AvgIpc) is 3.75. The number of carbonyl (C=O) groups is 3. The molecular weight excluding hydrogens is 432 g/mol. The topological polar surface area (TPSA) is 95.9 Å². The molecule has 7 nitrogen and oxygen atoms in total. The maximum absolute atomic E-state index is 12.8. The highest BCUT2D eigenvalue weighted by atomic mass is 16.5. The zero-order valence-corrected chi connectivity index (χ0v) is 18.9. The lowest BCUT2D eigenvalue weighted by Crippen LogP contribution is -2.38. The molecule has 5 atom stereocenters. The average molecular weight is 461 g/mol. The van der Waals surface area contributed by atoms with Gasteiger partial charge in [0.05, 0.1) is 5.92 Å². The van der Waals surface area contributed by atoms with Gasteiger partial charge >= 0.3 is 12.1 Å². The summed E-state index contributed by atoms with van der Waals surface area (Å²) in [7, 11) is 0. The van der Waals surface area contributed by atoms with Crippen molar-refractivity contribution >= 4 is 18.0 Å². The van der Waals surface area contributed by atoms with Crippen molar-refractivity contribution in [3.63, 3.8) is 0 Å². The van der Waals surface area contributed by atoms with Crippen LogP contribution in [0.3, 0.4) is 0 Å². The number of carboxylic acids is 1. The molecule has 6 rings (SSSR count). The monoisotopic (exact) mass is 460 g/mol. The molecule has 2 saturated carbocycles. The van der Waals surface area contributed by atoms with Crippen LogP contribution in [-0.4, -0.2) is 54.2 Å². The number of fused-ring (bicyclic) bond motifs is 4. The summed E-state index contributed by atoms with van der Waals surface area (Å²) in [6.07, 6.45) is 1.08. The third-order valence-electron chi connectivity index (χ3n) is 8.18. The Bertz CT molecular complexity index is 1120. The number of hydrogen-bond acceptors (Lipinski definition) is 4. The van der Waals surface area contributed by atoms with Gasteiger partial charge in [-0.3, -0.25) is 9.59 Å². The molecule has 3 aliphatic carbocycles. The number of carboxylic acid groups (broad SMARTS) is 1. The first-order chi connectivity index (χ1) is 16.5. The number of likely N-dealkylation sites (tertiary alicyclic amines) is 1. The Kier molecular flexibility index (Phi) is 5.08. The number of carbonyl (C=O) groups excluding carboxylic acids is 2. The van der Waals surface area contributed by atoms with Crippen LogP contribution in [-0.2, 0) is 14.3 Å². The molecule has 1 saturated heterocycles. The van der Waals surface area contributed by atoms with E-state index in [1.165, 1.54) is 22.3 Å². The van der Waals surface area contributed by atoms with Crippen molar-refractivity contribution in [3.8, 4) is 11.1 Å². The van der Waals surface area contributed by atoms with E-state index >= 15 is 0 Å². The fraction of sp³-hybridized carbons (Fsp3) is 0.444. The van der Waals surface area contributed by atoms with Gasteiger partial charge in [-0.2, -0.15) is 0 Å². The third-order valence-corrected chi connectivity index (χ3v) is 8.18. The second kappa shape index (κ2) is 8.15. The van der Waals surface area contributed by atoms with E-state index < -0.39 is 12.1 Å². The van der Waals surface area contributed by atoms with Crippen molar-refractivity contribution in [3.05, 3.63) is 59.7 Å². The summed E-state index contributed by atoms with van der Waals surface area (Å²) in [5.74, 6) is -0.475. The second-order valence-corrected chi connectivity index (χ2v) is 10.1. The van der Waals surface area contributed by atoms with Crippen LogP contribution < -0.4 is 5.32 Å². The van der Waals surface area contributed by atoms with E-state index in [1.54, 1.807) is 0 Å². The molecule has 1 aliphatic heterocycles. The molecule has 1 heterocycles. The van der Waals surface area contributed by atoms with Crippen LogP contribution >= 0.6 is 0 Å². The van der Waals surface area contributed by atoms with Crippen LogP contribution in [0.25, 0.3) is 11.1 Å². The number of hydrogen-bond donors (Lipinski definition) is 2. The number of ether oxygens (including phenoxy) is 1. The highest BCUT2D eigenvalue weighted by molar-refractivity contribution is 5.83. The Morgan fingerprint density at radius 1 is 1.00 bits per heavy atom. The minimum atomic E-state index is -0.735. The molecule has 3 fully saturated rings. The van der Waals surface area contributed by atoms with Gasteiger partial charge in [0.2, 0.25) is 5.91 Å². The summed E-state index contributed by atoms with van der Waals surface area (Å²) in [6, 6.07) is 16.4. The summed E-state index contributed by atoms with van der Waals surface area (Å²) < 4.78 is 5.58. The minimum absolute atomic E-state index is 0.0216. The molecular formula is C27H28N2O5. The second-order valence-electron chi connectivity index (χ2n) is 10.1. The van der Waals surface area contributed by atoms with Gasteiger partial charge < -0.3 is 20.1 Å². The lowest BCUT2D eigenvalue weighted by atomic mass is 9.98. The van der Waals surface area contributed by atoms with E-state index in [1.807, 2.05) is 29.2 Å². The fourth-order valence-electron chi connectivity index (χ4n) is 6.18. The lowest BCUT2D eigenvalue weighted by molar-refractivity contribution is -0.139. The number of alkyl carbamates (subject to hydrolysis) is 1. The first-order valence-electron chi connectivity index (χ1n) is 12.1. The molecule has 176 valence electrons. The number of aliphatic carboxylic acids is 1. The molecule has 2 aromatic carbocycles. The van der Waals surface area contributed by atoms with Crippen LogP contribution in [0.15, 0.2) is 48.5 Å². The van der Waals surface area contributed by atoms with Crippen molar-refractivity contribution in [2.24, 2.45) is 29.6 Å². The highest BCUT2D eigenvalue weighted by Gasteiger charge is 2.58. The summed E-state index contributed by atoms with van der Waals surface area (Å²) in [4.78, 5) is 38.3. The normalized spacial score (nSPS) is 28.4. The van der Waals surface area contributed by atoms with Gasteiger partial charge in [0.15, 0.2) is 0 Å². The number of nitrogens with zero attached hydrogens (tertiary/aromatic N) is 1. The summed E-state index contributed by atoms with van der Waals surface area (Å²) in [6.45, 7) is 1.90. The quantitative estimate of drug-likeness (QED) is 0.689. The molecule has 2 amide bonds. The van der Waals surface area contributed by atoms with Gasteiger partial charge in [-0.05, 0) is 52.8 Å². The Morgan fingerprint density at radius 3 is 2.35 bits per heavy atom. The first kappa shape index (κ1) is 21.2. The zero-order valence-electron chi connectivity index (χ0n) is 18.9. The van der Waals surface area contributed by atoms with E-state index in [2.05, 4.69) is 29.6 Å². The first-order valence-corrected chi connectivity index (χ1v) is 12.1. The van der Waals surface area contributed by atoms with Gasteiger partial charge in [0, 0.05) is 31.5 Å². The Hall–Kier alpha value is -3.35. The van der Waals surface area contributed by atoms with E-state index in [-0.39, 0.29) is 48.0 Å². The molecule has 2 N–H and O–H groups in total. The van der Waals surface area contributed by atoms with E-state index in [0.717, 1.165) is 12.8 Å². The molecule has 0 spiro atoms. The summed E-state index contributed by atoms with van der Waals surface area (Å²) >= 11 is 0. The Balaban J connectivity index is 0.979. The van der Waals surface area contributed by atoms with Gasteiger partial charge in [-0.1, -0.05) is 48.5 Å². The Morgan fingerprint density at radius 2 is 1.68 bits per heavy atom. The van der Waals surface area contributed by atoms with Crippen LogP contribution in [0, 0.1) is 29.6 Å². The molecule has 7 heteroatoms. The molecule has 0 bridgehead atoms. The van der Waals surface area contributed by atoms with Gasteiger partial charge in [0.25, 0.3) is 0 Å². The third kappa shape index (κ3) is 3.63. The number of amides is 2. The molecule has 3 unspecified atom stereocenters. The van der Waals surface area contributed by atoms with Crippen LogP contribution in [0.2, 0.25) is 0 Å². The number of benzene rings is 2. The van der Waals surface area contributed by atoms with Gasteiger partial charge in [-0.25, -0.2) is 4.79 Å². The summed E-state index contributed by atoms with van der Waals surface area (Å²) in [5.41, 5.74) is 4.73. The van der Waals surface area contributed by atoms with Crippen molar-refractivity contribution in [2.45, 2.75) is 18.8 Å². The SMILES string of the molecule is O=C(NCC1CC1C(=O)N1CC[C@H]2C(C(=O)O)[C@H]2C1)OCC1c2ccccc2-c2ccccc21. The smallest absolute Gasteiger partial charge is 0.407 e. The number of rotatable bonds is 6. The molecule has 34 heavy (non-hydrogen) atoms. The maximum Gasteiger partial charge on any atom is 0.407 e. The molecule has 0 aromatic heterocycles. The van der Waals surface area contributed by atoms with Crippen LogP contribution in [0.4, 0.5) is 4.79 Å². The number of piperidine rings is 1. The molecule has 4 aliphatic rings. The standard InChI is InChI=1S/C27H28N2O5/c30-25(29-10-9-20-22(13-29)24(20)26(31)32)21-11-15(21)12-28-27(33)34-14-23-18-7-3-1-5-16(18)17-6-2-4-8-19(17)23/h1-8,15,20-24H,9-14H2,(H,28,33)(H,31,32)/t15?,20-,21?,22+,24?/m1/s1. The Labute approximate surface area is 198 Å². The van der Waals surface area contributed by atoms with Crippen molar-refractivity contribution in [2.75, 3.05) is 26.2 Å². The van der Waals surface area contributed by atoms with Crippen molar-refractivity contribution in [1.29, 1.82) is 0 Å². The van der Waals surface area contributed by atoms with Crippen molar-refractivity contribution < 1.29 is 24.2 Å². The van der Waals surface area contributed by atoms with Crippen LogP contribution in [0.1, 0.15) is 29.9 Å². The molecule has 0 radical (unpaired) electrons.